The zero-order valence-electron chi connectivity index (χ0n) is 7.07. The van der Waals surface area contributed by atoms with E-state index in [-0.39, 0.29) is 4.91 Å². The van der Waals surface area contributed by atoms with Gasteiger partial charge >= 0.3 is 0 Å². The smallest absolute Gasteiger partial charge is 0.207 e. The van der Waals surface area contributed by atoms with E-state index in [1.807, 2.05) is 19.1 Å². The molecule has 0 saturated heterocycles. The van der Waals surface area contributed by atoms with E-state index >= 15 is 0 Å². The lowest BCUT2D eigenvalue weighted by molar-refractivity contribution is 0.615. The van der Waals surface area contributed by atoms with Crippen molar-refractivity contribution in [3.8, 4) is 0 Å². The fourth-order valence-electron chi connectivity index (χ4n) is 0.863. The first-order valence-corrected chi connectivity index (χ1v) is 5.99. The Morgan fingerprint density at radius 3 is 2.38 bits per heavy atom. The highest BCUT2D eigenvalue weighted by atomic mass is 35.7. The van der Waals surface area contributed by atoms with E-state index in [2.05, 4.69) is 0 Å². The molecule has 0 bridgehead atoms. The van der Waals surface area contributed by atoms with Crippen molar-refractivity contribution in [2.75, 3.05) is 0 Å². The maximum atomic E-state index is 10.9. The van der Waals surface area contributed by atoms with E-state index in [1.54, 1.807) is 12.2 Å². The lowest BCUT2D eigenvalue weighted by atomic mass is 10.2. The minimum absolute atomic E-state index is 0.106. The molecular formula is C9H9ClO2S. The van der Waals surface area contributed by atoms with Crippen molar-refractivity contribution in [2.24, 2.45) is 0 Å². The monoisotopic (exact) mass is 216 g/mol. The second-order valence-electron chi connectivity index (χ2n) is 2.64. The lowest BCUT2D eigenvalue weighted by Gasteiger charge is -1.96. The van der Waals surface area contributed by atoms with Gasteiger partial charge in [0.25, 0.3) is 9.05 Å². The van der Waals surface area contributed by atoms with E-state index in [9.17, 15) is 8.42 Å². The summed E-state index contributed by atoms with van der Waals surface area (Å²) in [5.74, 6) is 0. The normalized spacial score (nSPS) is 30.3. The number of rotatable bonds is 1. The predicted octanol–water partition coefficient (Wildman–Crippen LogP) is 2.51. The molecule has 0 radical (unpaired) electrons. The molecule has 0 fully saturated rings. The molecule has 1 aliphatic carbocycles. The van der Waals surface area contributed by atoms with Crippen LogP contribution in [0.3, 0.4) is 0 Å². The average Bonchev–Trinajstić information content (AvgIpc) is 1.93. The standard InChI is InChI=1S/C9H9ClO2S/c1-8-4-2-6-9(7-3-5-8)13(10,11)12/h2-7H,1H3/b4-2-,5-3?,6-2?,7-3-,8-4?,8-5-,9-6+,9-7?. The zero-order valence-corrected chi connectivity index (χ0v) is 8.64. The predicted molar refractivity (Wildman–Crippen MR) is 54.9 cm³/mol. The van der Waals surface area contributed by atoms with E-state index in [1.165, 1.54) is 12.2 Å². The van der Waals surface area contributed by atoms with Crippen LogP contribution >= 0.6 is 10.7 Å². The molecule has 0 atom stereocenters. The Balaban J connectivity index is 3.07. The van der Waals surface area contributed by atoms with E-state index in [4.69, 9.17) is 10.7 Å². The molecular weight excluding hydrogens is 208 g/mol. The van der Waals surface area contributed by atoms with Crippen LogP contribution in [0.1, 0.15) is 6.92 Å². The van der Waals surface area contributed by atoms with Gasteiger partial charge in [0.05, 0.1) is 4.91 Å². The Hall–Kier alpha value is -0.800. The Labute approximate surface area is 82.3 Å². The molecule has 0 saturated carbocycles. The quantitative estimate of drug-likeness (QED) is 0.632. The van der Waals surface area contributed by atoms with Crippen molar-refractivity contribution in [2.45, 2.75) is 6.92 Å². The molecule has 1 aliphatic rings. The minimum atomic E-state index is -3.62. The van der Waals surface area contributed by atoms with Gasteiger partial charge in [-0.25, -0.2) is 8.42 Å². The van der Waals surface area contributed by atoms with Crippen LogP contribution < -0.4 is 0 Å². The van der Waals surface area contributed by atoms with Crippen LogP contribution in [0.5, 0.6) is 0 Å². The van der Waals surface area contributed by atoms with E-state index in [0.717, 1.165) is 5.57 Å². The molecule has 0 aromatic heterocycles. The SMILES string of the molecule is CC1=C/C=C\C(S(=O)(=O)Cl)=C/C=C\1. The van der Waals surface area contributed by atoms with Gasteiger partial charge in [-0.2, -0.15) is 0 Å². The third-order valence-corrected chi connectivity index (χ3v) is 2.89. The molecule has 70 valence electrons. The van der Waals surface area contributed by atoms with Crippen molar-refractivity contribution in [3.05, 3.63) is 46.9 Å². The number of halogens is 1. The summed E-state index contributed by atoms with van der Waals surface area (Å²) >= 11 is 0. The lowest BCUT2D eigenvalue weighted by Crippen LogP contribution is -1.91. The van der Waals surface area contributed by atoms with Gasteiger partial charge in [-0.05, 0) is 19.1 Å². The van der Waals surface area contributed by atoms with Crippen LogP contribution in [0.15, 0.2) is 46.9 Å². The zero-order chi connectivity index (χ0) is 9.90. The third-order valence-electron chi connectivity index (χ3n) is 1.52. The minimum Gasteiger partial charge on any atom is -0.207 e. The second-order valence-corrected chi connectivity index (χ2v) is 5.20. The highest BCUT2D eigenvalue weighted by molar-refractivity contribution is 8.17. The van der Waals surface area contributed by atoms with Gasteiger partial charge < -0.3 is 0 Å². The van der Waals surface area contributed by atoms with Crippen LogP contribution in [0.2, 0.25) is 0 Å². The molecule has 0 aliphatic heterocycles. The van der Waals surface area contributed by atoms with Crippen LogP contribution in [0.4, 0.5) is 0 Å². The summed E-state index contributed by atoms with van der Waals surface area (Å²) in [6.45, 7) is 1.93. The van der Waals surface area contributed by atoms with Gasteiger partial charge in [-0.15, -0.1) is 0 Å². The summed E-state index contributed by atoms with van der Waals surface area (Å²) in [4.78, 5) is 0.106. The maximum Gasteiger partial charge on any atom is 0.261 e. The molecule has 1 rings (SSSR count). The summed E-state index contributed by atoms with van der Waals surface area (Å²) in [6.07, 6.45) is 9.87. The van der Waals surface area contributed by atoms with Gasteiger partial charge in [0, 0.05) is 10.7 Å². The molecule has 13 heavy (non-hydrogen) atoms. The Morgan fingerprint density at radius 1 is 1.15 bits per heavy atom. The van der Waals surface area contributed by atoms with Crippen molar-refractivity contribution in [1.29, 1.82) is 0 Å². The number of hydrogen-bond donors (Lipinski definition) is 0. The topological polar surface area (TPSA) is 34.1 Å². The van der Waals surface area contributed by atoms with E-state index in [0.29, 0.717) is 0 Å². The molecule has 0 unspecified atom stereocenters. The number of hydrogen-bond acceptors (Lipinski definition) is 2. The fraction of sp³-hybridized carbons (Fsp3) is 0.111. The molecule has 0 spiro atoms. The molecule has 2 nitrogen and oxygen atoms in total. The first kappa shape index (κ1) is 10.3. The Bertz CT molecular complexity index is 411. The Morgan fingerprint density at radius 2 is 1.77 bits per heavy atom. The molecule has 0 aromatic carbocycles. The van der Waals surface area contributed by atoms with Crippen LogP contribution in [0, 0.1) is 0 Å². The second kappa shape index (κ2) is 3.94. The highest BCUT2D eigenvalue weighted by Crippen LogP contribution is 2.15. The van der Waals surface area contributed by atoms with Gasteiger partial charge in [0.1, 0.15) is 0 Å². The van der Waals surface area contributed by atoms with Crippen molar-refractivity contribution < 1.29 is 8.42 Å². The summed E-state index contributed by atoms with van der Waals surface area (Å²) in [7, 11) is 1.56. The fourth-order valence-corrected chi connectivity index (χ4v) is 1.65. The van der Waals surface area contributed by atoms with Gasteiger partial charge in [0.2, 0.25) is 0 Å². The van der Waals surface area contributed by atoms with Crippen LogP contribution in [-0.2, 0) is 9.05 Å². The first-order valence-electron chi connectivity index (χ1n) is 3.68. The third kappa shape index (κ3) is 3.20. The molecule has 4 heteroatoms. The number of allylic oxidation sites excluding steroid dienone is 7. The summed E-state index contributed by atoms with van der Waals surface area (Å²) in [6, 6.07) is 0. The van der Waals surface area contributed by atoms with E-state index < -0.39 is 9.05 Å². The van der Waals surface area contributed by atoms with Crippen molar-refractivity contribution in [3.63, 3.8) is 0 Å². The van der Waals surface area contributed by atoms with Gasteiger partial charge in [0.15, 0.2) is 0 Å². The molecule has 0 heterocycles. The van der Waals surface area contributed by atoms with Gasteiger partial charge in [-0.1, -0.05) is 29.9 Å². The maximum absolute atomic E-state index is 10.9. The Kier molecular flexibility index (Phi) is 3.12. The highest BCUT2D eigenvalue weighted by Gasteiger charge is 2.09. The summed E-state index contributed by atoms with van der Waals surface area (Å²) in [5.41, 5.74) is 1.05. The summed E-state index contributed by atoms with van der Waals surface area (Å²) in [5, 5.41) is 0. The largest absolute Gasteiger partial charge is 0.261 e. The van der Waals surface area contributed by atoms with Crippen molar-refractivity contribution >= 4 is 19.7 Å². The summed E-state index contributed by atoms with van der Waals surface area (Å²) < 4.78 is 21.8. The average molecular weight is 217 g/mol. The van der Waals surface area contributed by atoms with Gasteiger partial charge in [-0.3, -0.25) is 0 Å². The van der Waals surface area contributed by atoms with Crippen LogP contribution in [-0.4, -0.2) is 8.42 Å². The van der Waals surface area contributed by atoms with Crippen LogP contribution in [0.25, 0.3) is 0 Å². The van der Waals surface area contributed by atoms with Crippen molar-refractivity contribution in [1.82, 2.24) is 0 Å². The molecule has 0 N–H and O–H groups in total. The molecule has 0 aromatic rings. The first-order chi connectivity index (χ1) is 6.00. The molecule has 0 amide bonds.